The molecule has 1 fully saturated rings. The lowest BCUT2D eigenvalue weighted by molar-refractivity contribution is -0.153. The summed E-state index contributed by atoms with van der Waals surface area (Å²) in [4.78, 5) is 16.1. The molecule has 1 saturated heterocycles. The van der Waals surface area contributed by atoms with Crippen molar-refractivity contribution in [2.45, 2.75) is 12.6 Å². The maximum absolute atomic E-state index is 12.1. The average Bonchev–Trinajstić information content (AvgIpc) is 2.84. The van der Waals surface area contributed by atoms with Gasteiger partial charge in [-0.15, -0.1) is 0 Å². The van der Waals surface area contributed by atoms with E-state index in [2.05, 4.69) is 14.8 Å². The Morgan fingerprint density at radius 1 is 1.36 bits per heavy atom. The predicted octanol–water partition coefficient (Wildman–Crippen LogP) is 3.29. The van der Waals surface area contributed by atoms with Gasteiger partial charge in [-0.2, -0.15) is 13.2 Å². The van der Waals surface area contributed by atoms with E-state index in [-0.39, 0.29) is 30.5 Å². The lowest BCUT2D eigenvalue weighted by Crippen LogP contribution is -2.24. The standard InChI is InChI=1S/C13H13F3N4O2/c14-13(15,16)8-22-11-3-1-10(2-4-11)20-7-9(5-12(20)21)6-18-19-17/h1-4,9H,5-8H2. The van der Waals surface area contributed by atoms with Crippen molar-refractivity contribution in [3.63, 3.8) is 0 Å². The highest BCUT2D eigenvalue weighted by molar-refractivity contribution is 5.95. The molecule has 0 radical (unpaired) electrons. The molecule has 1 aliphatic rings. The number of nitrogens with zero attached hydrogens (tertiary/aromatic N) is 4. The van der Waals surface area contributed by atoms with Gasteiger partial charge >= 0.3 is 6.18 Å². The van der Waals surface area contributed by atoms with Crippen molar-refractivity contribution in [1.29, 1.82) is 0 Å². The van der Waals surface area contributed by atoms with Gasteiger partial charge in [0.15, 0.2) is 6.61 Å². The van der Waals surface area contributed by atoms with Crippen molar-refractivity contribution in [3.05, 3.63) is 34.7 Å². The number of alkyl halides is 3. The molecule has 0 spiro atoms. The molecule has 0 saturated carbocycles. The molecule has 1 aromatic carbocycles. The minimum atomic E-state index is -4.39. The van der Waals surface area contributed by atoms with Crippen LogP contribution in [0.4, 0.5) is 18.9 Å². The van der Waals surface area contributed by atoms with Crippen LogP contribution in [-0.4, -0.2) is 31.8 Å². The Bertz CT molecular complexity index is 582. The van der Waals surface area contributed by atoms with Crippen molar-refractivity contribution in [1.82, 2.24) is 0 Å². The Kier molecular flexibility index (Phi) is 4.77. The molecule has 6 nitrogen and oxygen atoms in total. The zero-order chi connectivity index (χ0) is 16.2. The first-order chi connectivity index (χ1) is 10.4. The van der Waals surface area contributed by atoms with Gasteiger partial charge in [-0.25, -0.2) is 0 Å². The monoisotopic (exact) mass is 314 g/mol. The number of azide groups is 1. The second-order valence-corrected chi connectivity index (χ2v) is 4.89. The van der Waals surface area contributed by atoms with Gasteiger partial charge in [0.2, 0.25) is 5.91 Å². The normalized spacial score (nSPS) is 18.2. The largest absolute Gasteiger partial charge is 0.484 e. The SMILES string of the molecule is [N-]=[N+]=NCC1CC(=O)N(c2ccc(OCC(F)(F)F)cc2)C1. The Balaban J connectivity index is 1.98. The molecule has 22 heavy (non-hydrogen) atoms. The molecular formula is C13H13F3N4O2. The third kappa shape index (κ3) is 4.29. The smallest absolute Gasteiger partial charge is 0.422 e. The van der Waals surface area contributed by atoms with Crippen molar-refractivity contribution < 1.29 is 22.7 Å². The lowest BCUT2D eigenvalue weighted by Gasteiger charge is -2.17. The molecule has 9 heteroatoms. The average molecular weight is 314 g/mol. The molecule has 118 valence electrons. The summed E-state index contributed by atoms with van der Waals surface area (Å²) in [5, 5.41) is 3.45. The minimum Gasteiger partial charge on any atom is -0.484 e. The summed E-state index contributed by atoms with van der Waals surface area (Å²) < 4.78 is 40.8. The topological polar surface area (TPSA) is 78.3 Å². The summed E-state index contributed by atoms with van der Waals surface area (Å²) in [5.41, 5.74) is 8.86. The molecule has 1 heterocycles. The number of carbonyl (C=O) groups is 1. The fourth-order valence-corrected chi connectivity index (χ4v) is 2.19. The first-order valence-corrected chi connectivity index (χ1v) is 6.50. The second kappa shape index (κ2) is 6.57. The second-order valence-electron chi connectivity index (χ2n) is 4.89. The van der Waals surface area contributed by atoms with Crippen LogP contribution in [0.15, 0.2) is 29.4 Å². The van der Waals surface area contributed by atoms with Gasteiger partial charge in [0, 0.05) is 30.1 Å². The number of amides is 1. The number of anilines is 1. The van der Waals surface area contributed by atoms with Crippen LogP contribution in [0.25, 0.3) is 10.4 Å². The molecule has 0 N–H and O–H groups in total. The Morgan fingerprint density at radius 3 is 2.64 bits per heavy atom. The molecule has 1 amide bonds. The number of ether oxygens (including phenoxy) is 1. The van der Waals surface area contributed by atoms with Crippen molar-refractivity contribution in [2.24, 2.45) is 11.0 Å². The third-order valence-corrected chi connectivity index (χ3v) is 3.16. The van der Waals surface area contributed by atoms with E-state index < -0.39 is 12.8 Å². The van der Waals surface area contributed by atoms with Crippen LogP contribution in [0.3, 0.4) is 0 Å². The summed E-state index contributed by atoms with van der Waals surface area (Å²) in [6.45, 7) is -0.699. The van der Waals surface area contributed by atoms with Crippen LogP contribution in [0, 0.1) is 5.92 Å². The highest BCUT2D eigenvalue weighted by Gasteiger charge is 2.30. The Hall–Kier alpha value is -2.41. The summed E-state index contributed by atoms with van der Waals surface area (Å²) >= 11 is 0. The van der Waals surface area contributed by atoms with Crippen molar-refractivity contribution in [3.8, 4) is 5.75 Å². The highest BCUT2D eigenvalue weighted by Crippen LogP contribution is 2.27. The lowest BCUT2D eigenvalue weighted by atomic mass is 10.1. The van der Waals surface area contributed by atoms with Crippen LogP contribution in [0.1, 0.15) is 6.42 Å². The molecular weight excluding hydrogens is 301 g/mol. The number of hydrogen-bond donors (Lipinski definition) is 0. The first kappa shape index (κ1) is 16.0. The van der Waals surface area contributed by atoms with E-state index in [0.29, 0.717) is 12.2 Å². The molecule has 1 aromatic rings. The maximum atomic E-state index is 12.1. The van der Waals surface area contributed by atoms with Crippen molar-refractivity contribution in [2.75, 3.05) is 24.6 Å². The molecule has 0 aromatic heterocycles. The van der Waals surface area contributed by atoms with E-state index >= 15 is 0 Å². The Morgan fingerprint density at radius 2 is 2.05 bits per heavy atom. The van der Waals surface area contributed by atoms with Crippen LogP contribution >= 0.6 is 0 Å². The van der Waals surface area contributed by atoms with Crippen molar-refractivity contribution >= 4 is 11.6 Å². The third-order valence-electron chi connectivity index (χ3n) is 3.16. The van der Waals surface area contributed by atoms with E-state index in [1.165, 1.54) is 29.2 Å². The highest BCUT2D eigenvalue weighted by atomic mass is 19.4. The van der Waals surface area contributed by atoms with Gasteiger partial charge in [0.25, 0.3) is 0 Å². The molecule has 1 aliphatic heterocycles. The zero-order valence-corrected chi connectivity index (χ0v) is 11.5. The number of benzene rings is 1. The van der Waals surface area contributed by atoms with E-state index in [9.17, 15) is 18.0 Å². The fourth-order valence-electron chi connectivity index (χ4n) is 2.19. The van der Waals surface area contributed by atoms with E-state index in [0.717, 1.165) is 0 Å². The first-order valence-electron chi connectivity index (χ1n) is 6.50. The van der Waals surface area contributed by atoms with Gasteiger partial charge < -0.3 is 9.64 Å². The minimum absolute atomic E-state index is 0.0513. The fraction of sp³-hybridized carbons (Fsp3) is 0.462. The van der Waals surface area contributed by atoms with E-state index in [1.807, 2.05) is 0 Å². The summed E-state index contributed by atoms with van der Waals surface area (Å²) in [6.07, 6.45) is -4.11. The summed E-state index contributed by atoms with van der Waals surface area (Å²) in [7, 11) is 0. The van der Waals surface area contributed by atoms with Gasteiger partial charge in [0.05, 0.1) is 0 Å². The number of hydrogen-bond acceptors (Lipinski definition) is 3. The Labute approximate surface area is 124 Å². The quantitative estimate of drug-likeness (QED) is 0.475. The summed E-state index contributed by atoms with van der Waals surface area (Å²) in [6, 6.07) is 5.82. The molecule has 0 aliphatic carbocycles. The molecule has 0 bridgehead atoms. The summed E-state index contributed by atoms with van der Waals surface area (Å²) in [5.74, 6) is -0.0787. The number of rotatable bonds is 5. The molecule has 2 rings (SSSR count). The van der Waals surface area contributed by atoms with E-state index in [1.54, 1.807) is 0 Å². The maximum Gasteiger partial charge on any atom is 0.422 e. The van der Waals surface area contributed by atoms with Gasteiger partial charge in [-0.05, 0) is 35.7 Å². The zero-order valence-electron chi connectivity index (χ0n) is 11.5. The van der Waals surface area contributed by atoms with Crippen LogP contribution in [0.2, 0.25) is 0 Å². The number of halogens is 3. The van der Waals surface area contributed by atoms with Crippen LogP contribution < -0.4 is 9.64 Å². The molecule has 1 atom stereocenters. The van der Waals surface area contributed by atoms with E-state index in [4.69, 9.17) is 5.53 Å². The number of carbonyl (C=O) groups excluding carboxylic acids is 1. The van der Waals surface area contributed by atoms with Crippen LogP contribution in [-0.2, 0) is 4.79 Å². The predicted molar refractivity (Wildman–Crippen MR) is 72.5 cm³/mol. The van der Waals surface area contributed by atoms with Gasteiger partial charge in [0.1, 0.15) is 5.75 Å². The van der Waals surface area contributed by atoms with Gasteiger partial charge in [-0.3, -0.25) is 4.79 Å². The van der Waals surface area contributed by atoms with Crippen LogP contribution in [0.5, 0.6) is 5.75 Å². The van der Waals surface area contributed by atoms with Gasteiger partial charge in [-0.1, -0.05) is 5.11 Å². The molecule has 1 unspecified atom stereocenters.